The van der Waals surface area contributed by atoms with E-state index in [9.17, 15) is 0 Å². The van der Waals surface area contributed by atoms with Crippen LogP contribution in [0.25, 0.3) is 0 Å². The Bertz CT molecular complexity index is 669. The maximum absolute atomic E-state index is 4.74. The number of anilines is 1. The fourth-order valence-corrected chi connectivity index (χ4v) is 4.28. The highest BCUT2D eigenvalue weighted by molar-refractivity contribution is 5.66. The van der Waals surface area contributed by atoms with Crippen LogP contribution in [0, 0.1) is 5.92 Å². The second-order valence-corrected chi connectivity index (χ2v) is 7.00. The molecule has 2 atom stereocenters. The number of aromatic nitrogens is 1. The summed E-state index contributed by atoms with van der Waals surface area (Å²) in [6, 6.07) is 4.30. The lowest BCUT2D eigenvalue weighted by atomic mass is 9.69. The van der Waals surface area contributed by atoms with Crippen LogP contribution in [0.1, 0.15) is 38.2 Å². The maximum Gasteiger partial charge on any atom is 0.151 e. The first-order valence-corrected chi connectivity index (χ1v) is 8.76. The quantitative estimate of drug-likeness (QED) is 0.816. The Labute approximate surface area is 139 Å². The van der Waals surface area contributed by atoms with Gasteiger partial charge in [-0.2, -0.15) is 0 Å². The number of piperidine rings is 1. The summed E-state index contributed by atoms with van der Waals surface area (Å²) >= 11 is 0. The third kappa shape index (κ3) is 2.18. The molecule has 3 aliphatic rings. The lowest BCUT2D eigenvalue weighted by Crippen LogP contribution is -2.46. The molecule has 1 fully saturated rings. The van der Waals surface area contributed by atoms with Gasteiger partial charge in [-0.3, -0.25) is 5.01 Å². The SMILES string of the molecule is C=C1N(N2CCCCC2)c2ncccc2C1(C)C1C=CC=CC1. The molecule has 3 heterocycles. The lowest BCUT2D eigenvalue weighted by Gasteiger charge is -2.40. The summed E-state index contributed by atoms with van der Waals surface area (Å²) in [5.41, 5.74) is 2.42. The molecular weight excluding hydrogens is 282 g/mol. The van der Waals surface area contributed by atoms with Crippen molar-refractivity contribution in [3.05, 3.63) is 60.5 Å². The van der Waals surface area contributed by atoms with Gasteiger partial charge >= 0.3 is 0 Å². The summed E-state index contributed by atoms with van der Waals surface area (Å²) in [6.45, 7) is 9.09. The van der Waals surface area contributed by atoms with Gasteiger partial charge < -0.3 is 0 Å². The van der Waals surface area contributed by atoms with Gasteiger partial charge in [0.2, 0.25) is 0 Å². The molecule has 0 amide bonds. The van der Waals surface area contributed by atoms with Crippen molar-refractivity contribution in [2.45, 2.75) is 38.0 Å². The van der Waals surface area contributed by atoms with Crippen molar-refractivity contribution < 1.29 is 0 Å². The van der Waals surface area contributed by atoms with E-state index in [0.29, 0.717) is 5.92 Å². The number of hydrogen-bond acceptors (Lipinski definition) is 3. The molecule has 0 N–H and O–H groups in total. The average Bonchev–Trinajstić information content (AvgIpc) is 2.86. The molecule has 23 heavy (non-hydrogen) atoms. The van der Waals surface area contributed by atoms with Crippen molar-refractivity contribution in [1.29, 1.82) is 0 Å². The molecule has 3 nitrogen and oxygen atoms in total. The molecule has 2 unspecified atom stereocenters. The molecular formula is C20H25N3. The van der Waals surface area contributed by atoms with Crippen LogP contribution in [0.4, 0.5) is 5.82 Å². The first kappa shape index (κ1) is 14.7. The predicted octanol–water partition coefficient (Wildman–Crippen LogP) is 4.21. The Balaban J connectivity index is 1.78. The van der Waals surface area contributed by atoms with Gasteiger partial charge in [-0.05, 0) is 38.2 Å². The molecule has 2 aliphatic heterocycles. The van der Waals surface area contributed by atoms with E-state index in [-0.39, 0.29) is 5.41 Å². The van der Waals surface area contributed by atoms with Gasteiger partial charge in [0.1, 0.15) is 0 Å². The van der Waals surface area contributed by atoms with Gasteiger partial charge in [0, 0.05) is 36.0 Å². The van der Waals surface area contributed by atoms with Crippen molar-refractivity contribution in [2.24, 2.45) is 5.92 Å². The molecule has 120 valence electrons. The van der Waals surface area contributed by atoms with Crippen LogP contribution in [-0.4, -0.2) is 23.1 Å². The number of nitrogens with zero attached hydrogens (tertiary/aromatic N) is 3. The zero-order chi connectivity index (χ0) is 15.9. The first-order valence-electron chi connectivity index (χ1n) is 8.76. The maximum atomic E-state index is 4.74. The smallest absolute Gasteiger partial charge is 0.151 e. The van der Waals surface area contributed by atoms with Crippen LogP contribution >= 0.6 is 0 Å². The van der Waals surface area contributed by atoms with Gasteiger partial charge in [0.15, 0.2) is 5.82 Å². The van der Waals surface area contributed by atoms with Crippen molar-refractivity contribution in [1.82, 2.24) is 9.99 Å². The summed E-state index contributed by atoms with van der Waals surface area (Å²) < 4.78 is 0. The van der Waals surface area contributed by atoms with Gasteiger partial charge in [-0.15, -0.1) is 0 Å². The van der Waals surface area contributed by atoms with Crippen LogP contribution in [0.5, 0.6) is 0 Å². The topological polar surface area (TPSA) is 19.4 Å². The fourth-order valence-electron chi connectivity index (χ4n) is 4.28. The van der Waals surface area contributed by atoms with E-state index in [1.165, 1.54) is 30.5 Å². The van der Waals surface area contributed by atoms with E-state index in [0.717, 1.165) is 25.3 Å². The van der Waals surface area contributed by atoms with Gasteiger partial charge in [0.25, 0.3) is 0 Å². The fraction of sp³-hybridized carbons (Fsp3) is 0.450. The van der Waals surface area contributed by atoms with Crippen LogP contribution in [-0.2, 0) is 5.41 Å². The normalized spacial score (nSPS) is 30.7. The summed E-state index contributed by atoms with van der Waals surface area (Å²) in [4.78, 5) is 4.74. The number of pyridine rings is 1. The highest BCUT2D eigenvalue weighted by Gasteiger charge is 2.49. The highest BCUT2D eigenvalue weighted by atomic mass is 15.7. The standard InChI is InChI=1S/C20H25N3/c1-16-20(2,17-10-5-3-6-11-17)18-12-9-13-21-19(18)23(16)22-14-7-4-8-15-22/h3,5-6,9-10,12-13,17H,1,4,7-8,11,14-15H2,2H3. The third-order valence-corrected chi connectivity index (χ3v) is 5.74. The minimum Gasteiger partial charge on any atom is -0.261 e. The van der Waals surface area contributed by atoms with E-state index in [2.05, 4.69) is 60.0 Å². The second-order valence-electron chi connectivity index (χ2n) is 7.00. The van der Waals surface area contributed by atoms with Crippen molar-refractivity contribution in [2.75, 3.05) is 18.1 Å². The Morgan fingerprint density at radius 2 is 2.04 bits per heavy atom. The number of fused-ring (bicyclic) bond motifs is 1. The van der Waals surface area contributed by atoms with E-state index < -0.39 is 0 Å². The molecule has 1 aromatic rings. The first-order chi connectivity index (χ1) is 11.2. The molecule has 4 rings (SSSR count). The second kappa shape index (κ2) is 5.64. The number of hydrazine groups is 1. The Hall–Kier alpha value is -1.87. The number of rotatable bonds is 2. The minimum atomic E-state index is -0.0811. The monoisotopic (exact) mass is 307 g/mol. The van der Waals surface area contributed by atoms with Crippen LogP contribution in [0.15, 0.2) is 54.9 Å². The van der Waals surface area contributed by atoms with Crippen LogP contribution in [0.3, 0.4) is 0 Å². The van der Waals surface area contributed by atoms with Crippen LogP contribution in [0.2, 0.25) is 0 Å². The van der Waals surface area contributed by atoms with Crippen molar-refractivity contribution >= 4 is 5.82 Å². The third-order valence-electron chi connectivity index (χ3n) is 5.74. The van der Waals surface area contributed by atoms with E-state index in [1.807, 2.05) is 6.20 Å². The van der Waals surface area contributed by atoms with Crippen LogP contribution < -0.4 is 5.01 Å². The van der Waals surface area contributed by atoms with Gasteiger partial charge in [-0.25, -0.2) is 9.99 Å². The molecule has 3 heteroatoms. The molecule has 1 aromatic heterocycles. The van der Waals surface area contributed by atoms with Crippen molar-refractivity contribution in [3.8, 4) is 0 Å². The summed E-state index contributed by atoms with van der Waals surface area (Å²) in [7, 11) is 0. The largest absolute Gasteiger partial charge is 0.261 e. The molecule has 0 bridgehead atoms. The van der Waals surface area contributed by atoms with E-state index in [4.69, 9.17) is 4.98 Å². The Morgan fingerprint density at radius 1 is 1.22 bits per heavy atom. The molecule has 1 aliphatic carbocycles. The molecule has 0 spiro atoms. The average molecular weight is 307 g/mol. The Kier molecular flexibility index (Phi) is 3.61. The minimum absolute atomic E-state index is 0.0811. The molecule has 1 saturated heterocycles. The summed E-state index contributed by atoms with van der Waals surface area (Å²) in [6.07, 6.45) is 15.7. The van der Waals surface area contributed by atoms with E-state index >= 15 is 0 Å². The van der Waals surface area contributed by atoms with Gasteiger partial charge in [-0.1, -0.05) is 43.4 Å². The zero-order valence-electron chi connectivity index (χ0n) is 13.9. The van der Waals surface area contributed by atoms with Crippen molar-refractivity contribution in [3.63, 3.8) is 0 Å². The molecule has 0 saturated carbocycles. The van der Waals surface area contributed by atoms with Gasteiger partial charge in [0.05, 0.1) is 0 Å². The zero-order valence-corrected chi connectivity index (χ0v) is 13.9. The molecule has 0 aromatic carbocycles. The Morgan fingerprint density at radius 3 is 2.78 bits per heavy atom. The number of allylic oxidation sites excluding steroid dienone is 5. The molecule has 0 radical (unpaired) electrons. The number of hydrogen-bond donors (Lipinski definition) is 0. The van der Waals surface area contributed by atoms with E-state index in [1.54, 1.807) is 0 Å². The summed E-state index contributed by atoms with van der Waals surface area (Å²) in [5, 5.41) is 4.77. The lowest BCUT2D eigenvalue weighted by molar-refractivity contribution is 0.215. The highest BCUT2D eigenvalue weighted by Crippen LogP contribution is 2.52. The summed E-state index contributed by atoms with van der Waals surface area (Å²) in [5.74, 6) is 1.53. The predicted molar refractivity (Wildman–Crippen MR) is 95.0 cm³/mol.